The molecule has 8 aliphatic rings. The maximum absolute atomic E-state index is 15.9. The number of halogens is 4. The molecule has 0 aliphatic carbocycles. The highest BCUT2D eigenvalue weighted by Gasteiger charge is 2.62. The number of phosphoric acid groups is 4. The van der Waals surface area contributed by atoms with Crippen molar-refractivity contribution in [1.82, 2.24) is 38.2 Å². The molecule has 0 spiro atoms. The van der Waals surface area contributed by atoms with E-state index in [1.807, 2.05) is 33.6 Å². The van der Waals surface area contributed by atoms with Crippen LogP contribution in [0.15, 0.2) is 136 Å². The smallest absolute Gasteiger partial charge is 0.403 e. The second kappa shape index (κ2) is 36.4. The first-order valence-electron chi connectivity index (χ1n) is 39.6. The van der Waals surface area contributed by atoms with Crippen molar-refractivity contribution in [2.24, 2.45) is 0 Å². The number of rotatable bonds is 16. The predicted molar refractivity (Wildman–Crippen MR) is 422 cm³/mol. The first-order chi connectivity index (χ1) is 62.5. The number of aryl methyl sites for hydroxylation is 4. The number of alkyl halides is 4. The first kappa shape index (κ1) is 86.3. The molecular weight excluding hydrogens is 1800 g/mol. The van der Waals surface area contributed by atoms with E-state index in [-0.39, 0.29) is 65.1 Å². The molecule has 4 aromatic carbocycles. The first-order valence-corrected chi connectivity index (χ1v) is 42.4. The van der Waals surface area contributed by atoms with Crippen molar-refractivity contribution >= 4 is 31.3 Å². The van der Waals surface area contributed by atoms with E-state index >= 15 is 17.6 Å². The van der Waals surface area contributed by atoms with Gasteiger partial charge in [-0.2, -0.15) is 0 Å². The van der Waals surface area contributed by atoms with Gasteiger partial charge in [-0.1, -0.05) is 96.5 Å². The maximum atomic E-state index is 15.9. The number of fused-ring (bicyclic) bond motifs is 4. The Labute approximate surface area is 722 Å². The van der Waals surface area contributed by atoms with Gasteiger partial charge in [-0.15, -0.1) is 25.7 Å². The topological polar surface area (TPSA) is 597 Å². The van der Waals surface area contributed by atoms with Gasteiger partial charge in [0.1, 0.15) is 120 Å². The second-order valence-corrected chi connectivity index (χ2v) is 34.4. The van der Waals surface area contributed by atoms with Crippen LogP contribution in [0.25, 0.3) is 0 Å². The zero-order valence-corrected chi connectivity index (χ0v) is 69.2. The van der Waals surface area contributed by atoms with Crippen molar-refractivity contribution in [3.8, 4) is 72.4 Å². The number of terminal acetylenes is 4. The molecule has 0 amide bonds. The number of phosphoric ester groups is 4. The molecule has 12 heterocycles. The summed E-state index contributed by atoms with van der Waals surface area (Å²) in [6.45, 7) is -4.41. The fourth-order valence-corrected chi connectivity index (χ4v) is 17.7. The van der Waals surface area contributed by atoms with Crippen molar-refractivity contribution in [2.45, 2.75) is 151 Å². The Kier molecular flexibility index (Phi) is 24.6. The van der Waals surface area contributed by atoms with Crippen molar-refractivity contribution in [3.63, 3.8) is 0 Å². The number of benzene rings is 4. The number of aromatic nitrogens is 8. The quantitative estimate of drug-likeness (QED) is 0.0373. The van der Waals surface area contributed by atoms with Crippen LogP contribution < -0.4 is 63.1 Å². The minimum absolute atomic E-state index is 0.0511. The van der Waals surface area contributed by atoms with E-state index in [1.165, 1.54) is 0 Å². The van der Waals surface area contributed by atoms with Gasteiger partial charge < -0.3 is 77.9 Å². The molecule has 8 aliphatic heterocycles. The summed E-state index contributed by atoms with van der Waals surface area (Å²) in [5, 5.41) is 82.4. The molecule has 4 unspecified atom stereocenters. The number of aromatic amines is 4. The number of nitrogens with one attached hydrogen (secondary N) is 4. The number of para-hydroxylation sites is 4. The molecule has 4 saturated heterocycles. The number of hydrogen-bond acceptors (Lipinski definition) is 36. The average Bonchev–Trinajstić information content (AvgIpc) is 1.56. The second-order valence-electron chi connectivity index (χ2n) is 28.2. The highest BCUT2D eigenvalue weighted by atomic mass is 31.2. The van der Waals surface area contributed by atoms with Crippen LogP contribution in [0.2, 0.25) is 0 Å². The third kappa shape index (κ3) is 18.9. The summed E-state index contributed by atoms with van der Waals surface area (Å²) < 4.78 is 245. The number of aliphatic hydroxyl groups is 8. The van der Waals surface area contributed by atoms with E-state index in [0.29, 0.717) is 70.6 Å². The van der Waals surface area contributed by atoms with Crippen LogP contribution in [0, 0.1) is 77.1 Å². The number of H-pyrrole nitrogens is 4. The Hall–Kier alpha value is -11.1. The van der Waals surface area contributed by atoms with Crippen LogP contribution in [0.5, 0.6) is 23.0 Å². The van der Waals surface area contributed by atoms with Crippen LogP contribution >= 0.6 is 31.3 Å². The number of aliphatic hydroxyl groups excluding tert-OH is 8. The lowest BCUT2D eigenvalue weighted by molar-refractivity contribution is -0.205. The van der Waals surface area contributed by atoms with Crippen molar-refractivity contribution in [3.05, 3.63) is 248 Å². The summed E-state index contributed by atoms with van der Waals surface area (Å²) in [7, 11) is -18.3. The van der Waals surface area contributed by atoms with Crippen LogP contribution in [-0.2, 0) is 99.8 Å². The van der Waals surface area contributed by atoms with Gasteiger partial charge in [0.2, 0.25) is 0 Å². The molecule has 52 heteroatoms. The zero-order chi connectivity index (χ0) is 98.5. The third-order valence-corrected chi connectivity index (χ3v) is 24.4. The monoisotopic (exact) mass is 1880 g/mol. The normalized spacial score (nSPS) is 33.6. The lowest BCUT2D eigenvalue weighted by atomic mass is 10.1. The number of nitrogens with zero attached hydrogens (tertiary/aromatic N) is 4. The molecule has 0 saturated carbocycles. The van der Waals surface area contributed by atoms with Crippen molar-refractivity contribution < 1.29 is 158 Å². The number of ether oxygens (including phenoxy) is 4. The summed E-state index contributed by atoms with van der Waals surface area (Å²) in [4.78, 5) is 103. The molecule has 680 valence electrons. The molecule has 4 aromatic heterocycles. The standard InChI is InChI=1S/4C19H18FN2O9P/c4*1-3-11-7-22(18(26)21-16(11)25)17-13(23)15(24)19(20,30-17)9-29-32(27)28-8-12-6-4-5-10(2)14(12)31-32/h4*1,4-7,13,15,17,23-24H,8-9H2,2H3,(H,21,25,26)/t4*13-,15+,17-,19-,32?/m1111/s1/i9D2,17D;17D;9D2;. The lowest BCUT2D eigenvalue weighted by Crippen LogP contribution is -2.43. The van der Waals surface area contributed by atoms with E-state index in [0.717, 1.165) is 12.4 Å². The van der Waals surface area contributed by atoms with E-state index < -0.39 is 211 Å². The van der Waals surface area contributed by atoms with Gasteiger partial charge in [0.15, 0.2) is 24.9 Å². The highest BCUT2D eigenvalue weighted by Crippen LogP contribution is 2.61. The Bertz CT molecular complexity index is 6980. The molecule has 4 fully saturated rings. The molecule has 16 rings (SSSR count). The third-order valence-electron chi connectivity index (χ3n) is 19.5. The van der Waals surface area contributed by atoms with Gasteiger partial charge in [-0.25, -0.2) is 55.0 Å². The van der Waals surface area contributed by atoms with Crippen LogP contribution in [-0.4, -0.2) is 178 Å². The Morgan fingerprint density at radius 1 is 0.398 bits per heavy atom. The Balaban J connectivity index is 0.000000152. The van der Waals surface area contributed by atoms with Crippen LogP contribution in [0.1, 0.15) is 99.8 Å². The fraction of sp³-hybridized carbons (Fsp3) is 0.368. The molecule has 8 aromatic rings. The number of hydrogen-bond donors (Lipinski definition) is 12. The summed E-state index contributed by atoms with van der Waals surface area (Å²) in [5.74, 6) is -5.92. The van der Waals surface area contributed by atoms with Gasteiger partial charge in [0.25, 0.3) is 45.7 Å². The summed E-state index contributed by atoms with van der Waals surface area (Å²) >= 11 is 0. The molecule has 0 radical (unpaired) electrons. The van der Waals surface area contributed by atoms with E-state index in [4.69, 9.17) is 107 Å². The van der Waals surface area contributed by atoms with Crippen molar-refractivity contribution in [1.29, 1.82) is 0 Å². The predicted octanol–water partition coefficient (Wildman–Crippen LogP) is 1.91. The average molecular weight is 1880 g/mol. The Morgan fingerprint density at radius 3 is 0.953 bits per heavy atom. The highest BCUT2D eigenvalue weighted by molar-refractivity contribution is 7.49. The van der Waals surface area contributed by atoms with E-state index in [1.54, 1.807) is 110 Å². The van der Waals surface area contributed by atoms with Crippen LogP contribution in [0.4, 0.5) is 17.6 Å². The molecular formula is C76H72F4N8O36P4. The van der Waals surface area contributed by atoms with Crippen LogP contribution in [0.3, 0.4) is 0 Å². The van der Waals surface area contributed by atoms with E-state index in [9.17, 15) is 97.5 Å². The van der Waals surface area contributed by atoms with Gasteiger partial charge in [-0.05, 0) is 49.9 Å². The molecule has 0 bridgehead atoms. The summed E-state index contributed by atoms with van der Waals surface area (Å²) in [5.41, 5.74) is -5.87. The zero-order valence-electron chi connectivity index (χ0n) is 71.7. The van der Waals surface area contributed by atoms with Crippen molar-refractivity contribution in [2.75, 3.05) is 26.3 Å². The molecule has 12 N–H and O–H groups in total. The Morgan fingerprint density at radius 2 is 0.641 bits per heavy atom. The van der Waals surface area contributed by atoms with E-state index in [2.05, 4.69) is 0 Å². The fourth-order valence-electron chi connectivity index (χ4n) is 12.7. The summed E-state index contributed by atoms with van der Waals surface area (Å²) in [6.07, 6.45) is -5.79. The minimum atomic E-state index is -4.87. The SMILES string of the molecule is C#Cc1cn([C@@H]2O[C@](F)(COP3(=O)OCc4cccc(C)c4O3)[C@@H](O)[C@H]2O)c(=O)[nH]c1=O.[2H]C([2H])(OP1(=O)OCc2cccc(C)c2O1)[C@@]1(F)O[C@@H](n2cc(C#C)c(=O)[nH]c2=O)[C@H](O)[C@@H]1O.[2H]C([2H])(OP1(=O)OCc2cccc(C)c2O1)[C@@]1(F)O[C@@]([2H])(n2cc(C#C)c(=O)[nH]c2=O)[C@H](O)[C@@H]1O.[2H][C@@]1(n2cc(C#C)c(=O)[nH]c2=O)O[C@](F)(COP2(=O)OCc3cccc(C)c3O2)[C@@H](O)[C@H]1O. The van der Waals surface area contributed by atoms with Gasteiger partial charge in [0.05, 0.1) is 34.7 Å². The maximum Gasteiger partial charge on any atom is 0.530 e. The van der Waals surface area contributed by atoms with Gasteiger partial charge in [-0.3, -0.25) is 93.6 Å². The molecule has 128 heavy (non-hydrogen) atoms. The minimum Gasteiger partial charge on any atom is -0.403 e. The van der Waals surface area contributed by atoms with Gasteiger partial charge in [0, 0.05) is 47.0 Å². The summed E-state index contributed by atoms with van der Waals surface area (Å²) in [6, 6.07) is 20.0. The molecule has 44 nitrogen and oxygen atoms in total. The largest absolute Gasteiger partial charge is 0.530 e. The molecule has 20 atom stereocenters. The van der Waals surface area contributed by atoms with Gasteiger partial charge >= 0.3 is 54.0 Å². The lowest BCUT2D eigenvalue weighted by Gasteiger charge is -2.29.